The second-order valence-electron chi connectivity index (χ2n) is 8.57. The molecule has 0 radical (unpaired) electrons. The zero-order valence-electron chi connectivity index (χ0n) is 18.6. The van der Waals surface area contributed by atoms with E-state index >= 15 is 0 Å². The van der Waals surface area contributed by atoms with Gasteiger partial charge in [-0.1, -0.05) is 39.0 Å². The number of aliphatic hydroxyl groups excluding tert-OH is 1. The Hall–Kier alpha value is -2.36. The van der Waals surface area contributed by atoms with Gasteiger partial charge in [0.05, 0.1) is 6.04 Å². The van der Waals surface area contributed by atoms with Crippen LogP contribution in [0.4, 0.5) is 4.79 Å². The minimum absolute atomic E-state index is 0.0294. The molecule has 0 bridgehead atoms. The van der Waals surface area contributed by atoms with Crippen LogP contribution in [0.2, 0.25) is 0 Å². The number of hydrogen-bond acceptors (Lipinski definition) is 5. The van der Waals surface area contributed by atoms with E-state index in [1.54, 1.807) is 9.80 Å². The number of carbonyl (C=O) groups is 4. The summed E-state index contributed by atoms with van der Waals surface area (Å²) in [6, 6.07) is -1.27. The third-order valence-corrected chi connectivity index (χ3v) is 6.32. The van der Waals surface area contributed by atoms with Crippen LogP contribution in [0.5, 0.6) is 0 Å². The highest BCUT2D eigenvalue weighted by Gasteiger charge is 2.43. The first-order valence-corrected chi connectivity index (χ1v) is 11.2. The summed E-state index contributed by atoms with van der Waals surface area (Å²) in [6.07, 6.45) is 3.52. The Balaban J connectivity index is 2.09. The van der Waals surface area contributed by atoms with Gasteiger partial charge in [0, 0.05) is 33.1 Å². The van der Waals surface area contributed by atoms with E-state index in [1.807, 2.05) is 6.92 Å². The molecule has 0 aromatic carbocycles. The standard InChI is InChI=1S/C21H36N4O6/c1-3-4-8-16(17(27)18(28)29)22-19(30)21(9-6-5-7-10-21)23-20(31)25-13-11-24(12-14-25)15(2)26/h16-17,27H,3-14H2,1-2H3,(H,22,30)(H,23,31)(H,28,29). The SMILES string of the molecule is CCCCC(NC(=O)C1(NC(=O)N2CCN(C(C)=O)CC2)CCCCC1)C(O)C(=O)O. The fraction of sp³-hybridized carbons (Fsp3) is 0.810. The molecule has 2 rings (SSSR count). The van der Waals surface area contributed by atoms with Crippen LogP contribution >= 0.6 is 0 Å². The highest BCUT2D eigenvalue weighted by Crippen LogP contribution is 2.29. The molecule has 4 N–H and O–H groups in total. The van der Waals surface area contributed by atoms with Gasteiger partial charge in [0.1, 0.15) is 5.54 Å². The van der Waals surface area contributed by atoms with Gasteiger partial charge in [-0.3, -0.25) is 9.59 Å². The molecule has 2 aliphatic rings. The summed E-state index contributed by atoms with van der Waals surface area (Å²) < 4.78 is 0. The van der Waals surface area contributed by atoms with Crippen molar-refractivity contribution in [2.75, 3.05) is 26.2 Å². The molecule has 10 heteroatoms. The molecular formula is C21H36N4O6. The van der Waals surface area contributed by atoms with Gasteiger partial charge in [0.25, 0.3) is 0 Å². The third kappa shape index (κ3) is 6.56. The van der Waals surface area contributed by atoms with E-state index < -0.39 is 29.6 Å². The number of unbranched alkanes of at least 4 members (excludes halogenated alkanes) is 1. The van der Waals surface area contributed by atoms with Gasteiger partial charge in [-0.15, -0.1) is 0 Å². The van der Waals surface area contributed by atoms with Crippen molar-refractivity contribution in [3.8, 4) is 0 Å². The minimum atomic E-state index is -1.70. The lowest BCUT2D eigenvalue weighted by atomic mass is 9.80. The topological polar surface area (TPSA) is 139 Å². The summed E-state index contributed by atoms with van der Waals surface area (Å²) in [5.41, 5.74) is -1.13. The Labute approximate surface area is 183 Å². The maximum absolute atomic E-state index is 13.3. The number of carboxylic acid groups (broad SMARTS) is 1. The van der Waals surface area contributed by atoms with Gasteiger partial charge in [-0.05, 0) is 19.3 Å². The highest BCUT2D eigenvalue weighted by molar-refractivity contribution is 5.92. The normalized spacial score (nSPS) is 20.5. The van der Waals surface area contributed by atoms with Crippen LogP contribution in [0.15, 0.2) is 0 Å². The lowest BCUT2D eigenvalue weighted by Crippen LogP contribution is -2.65. The van der Waals surface area contributed by atoms with Crippen molar-refractivity contribution in [3.63, 3.8) is 0 Å². The third-order valence-electron chi connectivity index (χ3n) is 6.32. The van der Waals surface area contributed by atoms with Crippen molar-refractivity contribution < 1.29 is 29.4 Å². The van der Waals surface area contributed by atoms with Crippen LogP contribution < -0.4 is 10.6 Å². The number of nitrogens with zero attached hydrogens (tertiary/aromatic N) is 2. The van der Waals surface area contributed by atoms with E-state index in [-0.39, 0.29) is 11.9 Å². The smallest absolute Gasteiger partial charge is 0.334 e. The Morgan fingerprint density at radius 3 is 2.10 bits per heavy atom. The van der Waals surface area contributed by atoms with Crippen molar-refractivity contribution in [2.24, 2.45) is 0 Å². The van der Waals surface area contributed by atoms with Gasteiger partial charge >= 0.3 is 12.0 Å². The highest BCUT2D eigenvalue weighted by atomic mass is 16.4. The second-order valence-corrected chi connectivity index (χ2v) is 8.57. The summed E-state index contributed by atoms with van der Waals surface area (Å²) in [7, 11) is 0. The number of urea groups is 1. The zero-order chi connectivity index (χ0) is 23.0. The van der Waals surface area contributed by atoms with Gasteiger partial charge < -0.3 is 30.6 Å². The average molecular weight is 441 g/mol. The van der Waals surface area contributed by atoms with Crippen LogP contribution in [-0.2, 0) is 14.4 Å². The van der Waals surface area contributed by atoms with Gasteiger partial charge in [0.2, 0.25) is 11.8 Å². The number of aliphatic carboxylic acids is 1. The molecule has 2 atom stereocenters. The van der Waals surface area contributed by atoms with Crippen molar-refractivity contribution in [1.82, 2.24) is 20.4 Å². The molecular weight excluding hydrogens is 404 g/mol. The molecule has 2 fully saturated rings. The first-order chi connectivity index (χ1) is 14.7. The number of carboxylic acids is 1. The zero-order valence-corrected chi connectivity index (χ0v) is 18.6. The van der Waals surface area contributed by atoms with E-state index in [9.17, 15) is 29.4 Å². The molecule has 31 heavy (non-hydrogen) atoms. The Kier molecular flexibility index (Phi) is 9.09. The molecule has 4 amide bonds. The summed E-state index contributed by atoms with van der Waals surface area (Å²) in [5.74, 6) is -1.85. The van der Waals surface area contributed by atoms with E-state index in [0.717, 1.165) is 25.7 Å². The number of piperazine rings is 1. The largest absolute Gasteiger partial charge is 0.479 e. The van der Waals surface area contributed by atoms with E-state index in [2.05, 4.69) is 10.6 Å². The van der Waals surface area contributed by atoms with Gasteiger partial charge in [0.15, 0.2) is 6.10 Å². The molecule has 1 aliphatic heterocycles. The molecule has 1 saturated carbocycles. The fourth-order valence-electron chi connectivity index (χ4n) is 4.28. The lowest BCUT2D eigenvalue weighted by molar-refractivity contribution is -0.149. The predicted molar refractivity (Wildman–Crippen MR) is 113 cm³/mol. The quantitative estimate of drug-likeness (QED) is 0.438. The second kappa shape index (κ2) is 11.3. The maximum atomic E-state index is 13.3. The van der Waals surface area contributed by atoms with Crippen LogP contribution in [0.3, 0.4) is 0 Å². The van der Waals surface area contributed by atoms with Crippen LogP contribution in [0.25, 0.3) is 0 Å². The molecule has 0 aromatic rings. The Bertz CT molecular complexity index is 656. The van der Waals surface area contributed by atoms with Gasteiger partial charge in [-0.2, -0.15) is 0 Å². The van der Waals surface area contributed by atoms with Crippen LogP contribution in [0.1, 0.15) is 65.2 Å². The Morgan fingerprint density at radius 2 is 1.58 bits per heavy atom. The maximum Gasteiger partial charge on any atom is 0.334 e. The summed E-state index contributed by atoms with van der Waals surface area (Å²) in [4.78, 5) is 52.3. The Morgan fingerprint density at radius 1 is 1.00 bits per heavy atom. The number of rotatable bonds is 8. The number of aliphatic hydroxyl groups is 1. The van der Waals surface area contributed by atoms with E-state index in [0.29, 0.717) is 51.9 Å². The molecule has 0 spiro atoms. The van der Waals surface area contributed by atoms with Crippen molar-refractivity contribution in [2.45, 2.75) is 82.9 Å². The van der Waals surface area contributed by atoms with Crippen molar-refractivity contribution >= 4 is 23.8 Å². The number of hydrogen-bond donors (Lipinski definition) is 4. The van der Waals surface area contributed by atoms with Crippen molar-refractivity contribution in [3.05, 3.63) is 0 Å². The fourth-order valence-corrected chi connectivity index (χ4v) is 4.28. The average Bonchev–Trinajstić information content (AvgIpc) is 2.76. The summed E-state index contributed by atoms with van der Waals surface area (Å²) in [5, 5.41) is 24.9. The van der Waals surface area contributed by atoms with Gasteiger partial charge in [-0.25, -0.2) is 9.59 Å². The first-order valence-electron chi connectivity index (χ1n) is 11.2. The first kappa shape index (κ1) is 24.9. The molecule has 1 aliphatic carbocycles. The molecule has 1 heterocycles. The predicted octanol–water partition coefficient (Wildman–Crippen LogP) is 0.684. The number of amides is 4. The molecule has 1 saturated heterocycles. The van der Waals surface area contributed by atoms with E-state index in [1.165, 1.54) is 6.92 Å². The molecule has 2 unspecified atom stereocenters. The van der Waals surface area contributed by atoms with Crippen molar-refractivity contribution in [1.29, 1.82) is 0 Å². The van der Waals surface area contributed by atoms with Crippen LogP contribution in [-0.4, -0.2) is 87.7 Å². The van der Waals surface area contributed by atoms with Crippen LogP contribution in [0, 0.1) is 0 Å². The lowest BCUT2D eigenvalue weighted by Gasteiger charge is -2.41. The minimum Gasteiger partial charge on any atom is -0.479 e. The molecule has 176 valence electrons. The number of nitrogens with one attached hydrogen (secondary N) is 2. The monoisotopic (exact) mass is 440 g/mol. The molecule has 0 aromatic heterocycles. The summed E-state index contributed by atoms with van der Waals surface area (Å²) in [6.45, 7) is 5.12. The van der Waals surface area contributed by atoms with E-state index in [4.69, 9.17) is 0 Å². The molecule has 10 nitrogen and oxygen atoms in total. The number of carbonyl (C=O) groups excluding carboxylic acids is 3. The summed E-state index contributed by atoms with van der Waals surface area (Å²) >= 11 is 0.